The summed E-state index contributed by atoms with van der Waals surface area (Å²) in [6.07, 6.45) is 5.66. The van der Waals surface area contributed by atoms with E-state index in [-0.39, 0.29) is 34.9 Å². The number of benzene rings is 3. The molecule has 3 aromatic carbocycles. The highest BCUT2D eigenvalue weighted by Gasteiger charge is 2.33. The molecular weight excluding hydrogens is 845 g/mol. The molecule has 2 saturated heterocycles. The maximum Gasteiger partial charge on any atom is 0.293 e. The minimum atomic E-state index is -4.57. The predicted molar refractivity (Wildman–Crippen MR) is 239 cm³/mol. The number of ether oxygens (including phenoxy) is 2. The molecule has 2 fully saturated rings. The first-order chi connectivity index (χ1) is 30.6. The van der Waals surface area contributed by atoms with Gasteiger partial charge in [-0.25, -0.2) is 18.1 Å². The third-order valence-electron chi connectivity index (χ3n) is 12.0. The summed E-state index contributed by atoms with van der Waals surface area (Å²) in [6.45, 7) is 5.74. The van der Waals surface area contributed by atoms with Gasteiger partial charge in [0.1, 0.15) is 22.8 Å². The Balaban J connectivity index is 0.920. The van der Waals surface area contributed by atoms with E-state index in [9.17, 15) is 28.1 Å². The Morgan fingerprint density at radius 1 is 0.968 bits per heavy atom. The van der Waals surface area contributed by atoms with Crippen LogP contribution >= 0.6 is 11.3 Å². The number of nitrogens with zero attached hydrogens (tertiary/aromatic N) is 5. The van der Waals surface area contributed by atoms with E-state index in [4.69, 9.17) is 9.47 Å². The molecule has 3 aromatic heterocycles. The van der Waals surface area contributed by atoms with Crippen molar-refractivity contribution in [1.82, 2.24) is 24.5 Å². The summed E-state index contributed by atoms with van der Waals surface area (Å²) in [5.41, 5.74) is 3.54. The maximum absolute atomic E-state index is 13.9. The van der Waals surface area contributed by atoms with Crippen LogP contribution in [0.3, 0.4) is 0 Å². The first kappa shape index (κ1) is 42.0. The SMILES string of the molecule is O=C(NS(=O)(=O)c1ccc(NCC2CCOCC2)c([N+](=O)[O-])c1)c1ccc(N2CCN(C[C@H]3Cc4ccccc4CN3C(=O)c3cccs3)CC2)cc1Oc1cnc2[nH]ccc2c1. The number of carbonyl (C=O) groups excluding carboxylic acids is 2. The van der Waals surface area contributed by atoms with Crippen molar-refractivity contribution in [3.8, 4) is 11.5 Å². The Labute approximate surface area is 368 Å². The molecule has 326 valence electrons. The van der Waals surface area contributed by atoms with Gasteiger partial charge >= 0.3 is 0 Å². The second kappa shape index (κ2) is 18.2. The molecule has 0 spiro atoms. The van der Waals surface area contributed by atoms with Crippen LogP contribution in [-0.2, 0) is 27.7 Å². The van der Waals surface area contributed by atoms with E-state index in [1.807, 2.05) is 40.6 Å². The summed E-state index contributed by atoms with van der Waals surface area (Å²) >= 11 is 1.46. The highest BCUT2D eigenvalue weighted by Crippen LogP contribution is 2.34. The van der Waals surface area contributed by atoms with E-state index < -0.39 is 31.4 Å². The highest BCUT2D eigenvalue weighted by atomic mass is 32.2. The van der Waals surface area contributed by atoms with Crippen LogP contribution < -0.4 is 19.7 Å². The number of nitro benzene ring substituents is 1. The zero-order chi connectivity index (χ0) is 43.5. The number of nitrogens with one attached hydrogen (secondary N) is 3. The number of piperazine rings is 1. The fourth-order valence-electron chi connectivity index (χ4n) is 8.52. The molecule has 3 N–H and O–H groups in total. The van der Waals surface area contributed by atoms with Crippen LogP contribution in [0.5, 0.6) is 11.5 Å². The van der Waals surface area contributed by atoms with Crippen LogP contribution in [0.2, 0.25) is 0 Å². The molecule has 0 unspecified atom stereocenters. The number of aromatic nitrogens is 2. The largest absolute Gasteiger partial charge is 0.455 e. The number of amides is 2. The number of carbonyl (C=O) groups is 2. The van der Waals surface area contributed by atoms with Crippen molar-refractivity contribution in [3.63, 3.8) is 0 Å². The van der Waals surface area contributed by atoms with Gasteiger partial charge < -0.3 is 29.6 Å². The number of hydrogen-bond donors (Lipinski definition) is 3. The predicted octanol–water partition coefficient (Wildman–Crippen LogP) is 6.67. The van der Waals surface area contributed by atoms with Crippen LogP contribution in [0.25, 0.3) is 11.0 Å². The van der Waals surface area contributed by atoms with Gasteiger partial charge in [0.2, 0.25) is 0 Å². The normalized spacial score (nSPS) is 17.3. The number of H-pyrrole nitrogens is 1. The van der Waals surface area contributed by atoms with E-state index >= 15 is 0 Å². The van der Waals surface area contributed by atoms with E-state index in [1.54, 1.807) is 24.4 Å². The summed E-state index contributed by atoms with van der Waals surface area (Å²) in [5.74, 6) is -0.234. The van der Waals surface area contributed by atoms with E-state index in [1.165, 1.54) is 46.9 Å². The van der Waals surface area contributed by atoms with Gasteiger partial charge in [-0.05, 0) is 84.2 Å². The van der Waals surface area contributed by atoms with E-state index in [0.29, 0.717) is 57.3 Å². The van der Waals surface area contributed by atoms with Gasteiger partial charge in [-0.1, -0.05) is 30.3 Å². The number of pyridine rings is 1. The Kier molecular flexibility index (Phi) is 12.1. The first-order valence-electron chi connectivity index (χ1n) is 20.9. The molecule has 0 bridgehead atoms. The van der Waals surface area contributed by atoms with E-state index in [0.717, 1.165) is 54.4 Å². The van der Waals surface area contributed by atoms with Gasteiger partial charge in [0.15, 0.2) is 0 Å². The summed E-state index contributed by atoms with van der Waals surface area (Å²) in [6, 6.07) is 24.2. The molecule has 6 aromatic rings. The second-order valence-electron chi connectivity index (χ2n) is 16.0. The van der Waals surface area contributed by atoms with Crippen molar-refractivity contribution < 1.29 is 32.4 Å². The van der Waals surface area contributed by atoms with Crippen LogP contribution in [0.15, 0.2) is 108 Å². The van der Waals surface area contributed by atoms with Gasteiger partial charge in [-0.3, -0.25) is 24.6 Å². The topological polar surface area (TPSA) is 192 Å². The molecule has 6 heterocycles. The lowest BCUT2D eigenvalue weighted by atomic mass is 9.93. The fraction of sp³-hybridized carbons (Fsp3) is 0.311. The fourth-order valence-corrected chi connectivity index (χ4v) is 10.2. The number of nitro groups is 1. The average molecular weight is 891 g/mol. The van der Waals surface area contributed by atoms with Crippen LogP contribution in [0, 0.1) is 16.0 Å². The number of sulfonamides is 1. The molecule has 18 heteroatoms. The van der Waals surface area contributed by atoms with Crippen molar-refractivity contribution in [1.29, 1.82) is 0 Å². The zero-order valence-electron chi connectivity index (χ0n) is 34.3. The maximum atomic E-state index is 13.9. The molecule has 0 aliphatic carbocycles. The third-order valence-corrected chi connectivity index (χ3v) is 14.2. The Hall–Kier alpha value is -6.34. The Morgan fingerprint density at radius 3 is 2.56 bits per heavy atom. The molecule has 0 radical (unpaired) electrons. The third kappa shape index (κ3) is 9.39. The molecule has 16 nitrogen and oxygen atoms in total. The molecule has 2 amide bonds. The molecule has 9 rings (SSSR count). The number of hydrogen-bond acceptors (Lipinski definition) is 13. The molecule has 63 heavy (non-hydrogen) atoms. The van der Waals surface area contributed by atoms with Crippen molar-refractivity contribution in [3.05, 3.63) is 134 Å². The molecule has 3 aliphatic rings. The Morgan fingerprint density at radius 2 is 1.78 bits per heavy atom. The van der Waals surface area contributed by atoms with Gasteiger partial charge in [0, 0.05) is 94.5 Å². The van der Waals surface area contributed by atoms with Gasteiger partial charge in [-0.15, -0.1) is 11.3 Å². The lowest BCUT2D eigenvalue weighted by Gasteiger charge is -2.42. The Bertz CT molecular complexity index is 2750. The van der Waals surface area contributed by atoms with E-state index in [2.05, 4.69) is 41.9 Å². The molecule has 1 atom stereocenters. The zero-order valence-corrected chi connectivity index (χ0v) is 35.9. The number of thiophene rings is 1. The summed E-state index contributed by atoms with van der Waals surface area (Å²) < 4.78 is 41.2. The second-order valence-corrected chi connectivity index (χ2v) is 18.6. The van der Waals surface area contributed by atoms with Gasteiger partial charge in [0.05, 0.1) is 26.5 Å². The number of anilines is 2. The van der Waals surface area contributed by atoms with Crippen LogP contribution in [-0.4, -0.2) is 103 Å². The van der Waals surface area contributed by atoms with Crippen LogP contribution in [0.4, 0.5) is 17.1 Å². The standard InChI is InChI=1S/C45H46N8O8S2/c54-44(49-63(58,59)37-8-10-39(40(25-37)53(56)57)47-26-30-12-19-60-20-13-30)38-9-7-34(24-41(38)61-36-23-32-11-14-46-43(32)48-27-36)51-17-15-50(16-18-51)29-35-22-31-4-1-2-5-33(31)28-52(35)45(55)42-6-3-21-62-42/h1-11,14,21,23-25,27,30,35,47H,12-13,15-20,22,26,28-29H2,(H,46,48)(H,49,54)/t35-/m1/s1. The first-order valence-corrected chi connectivity index (χ1v) is 23.2. The monoisotopic (exact) mass is 890 g/mol. The molecule has 0 saturated carbocycles. The lowest BCUT2D eigenvalue weighted by molar-refractivity contribution is -0.384. The summed E-state index contributed by atoms with van der Waals surface area (Å²) in [7, 11) is -4.57. The minimum absolute atomic E-state index is 0.00370. The minimum Gasteiger partial charge on any atom is -0.455 e. The quantitative estimate of drug-likeness (QED) is 0.0826. The lowest BCUT2D eigenvalue weighted by Crippen LogP contribution is -2.54. The number of aromatic amines is 1. The van der Waals surface area contributed by atoms with Gasteiger partial charge in [0.25, 0.3) is 27.5 Å². The van der Waals surface area contributed by atoms with Crippen molar-refractivity contribution in [2.75, 3.05) is 62.7 Å². The number of fused-ring (bicyclic) bond motifs is 2. The molecular formula is C45H46N8O8S2. The van der Waals surface area contributed by atoms with Crippen molar-refractivity contribution in [2.45, 2.75) is 36.7 Å². The molecule has 3 aliphatic heterocycles. The average Bonchev–Trinajstić information content (AvgIpc) is 4.02. The summed E-state index contributed by atoms with van der Waals surface area (Å²) in [5, 5.41) is 17.9. The summed E-state index contributed by atoms with van der Waals surface area (Å²) in [4.78, 5) is 53.4. The van der Waals surface area contributed by atoms with Crippen molar-refractivity contribution >= 4 is 61.3 Å². The smallest absolute Gasteiger partial charge is 0.293 e. The highest BCUT2D eigenvalue weighted by molar-refractivity contribution is 7.90. The number of rotatable bonds is 13. The van der Waals surface area contributed by atoms with Gasteiger partial charge in [-0.2, -0.15) is 0 Å². The van der Waals surface area contributed by atoms with Crippen molar-refractivity contribution in [2.24, 2.45) is 5.92 Å². The van der Waals surface area contributed by atoms with Crippen LogP contribution in [0.1, 0.15) is 44.0 Å².